The second kappa shape index (κ2) is 18.3. The van der Waals surface area contributed by atoms with Crippen molar-refractivity contribution in [2.75, 3.05) is 33.5 Å². The molecule has 1 rings (SSSR count). The van der Waals surface area contributed by atoms with Gasteiger partial charge in [-0.2, -0.15) is 8.42 Å². The zero-order valence-corrected chi connectivity index (χ0v) is 19.8. The Morgan fingerprint density at radius 1 is 0.970 bits per heavy atom. The lowest BCUT2D eigenvalue weighted by molar-refractivity contribution is -0.139. The summed E-state index contributed by atoms with van der Waals surface area (Å²) in [6, 6.07) is 6.27. The quantitative estimate of drug-likeness (QED) is 0.171. The van der Waals surface area contributed by atoms with E-state index in [1.807, 2.05) is 6.92 Å². The summed E-state index contributed by atoms with van der Waals surface area (Å²) in [5.41, 5.74) is 1.39. The number of benzene rings is 1. The minimum absolute atomic E-state index is 0.0465. The van der Waals surface area contributed by atoms with Gasteiger partial charge in [-0.1, -0.05) is 37.4 Å². The molecule has 184 valence electrons. The van der Waals surface area contributed by atoms with Crippen molar-refractivity contribution in [3.63, 3.8) is 0 Å². The van der Waals surface area contributed by atoms with E-state index in [9.17, 15) is 22.8 Å². The molecule has 11 heteroatoms. The molecule has 0 spiro atoms. The number of ether oxygens (including phenoxy) is 3. The maximum absolute atomic E-state index is 11.7. The lowest BCUT2D eigenvalue weighted by atomic mass is 10.2. The lowest BCUT2D eigenvalue weighted by Crippen LogP contribution is -2.13. The molecule has 0 radical (unpaired) electrons. The van der Waals surface area contributed by atoms with Crippen molar-refractivity contribution in [1.29, 1.82) is 0 Å². The summed E-state index contributed by atoms with van der Waals surface area (Å²) in [5.74, 6) is -1.47. The van der Waals surface area contributed by atoms with Crippen LogP contribution < -0.4 is 0 Å². The van der Waals surface area contributed by atoms with Crippen LogP contribution in [-0.4, -0.2) is 65.0 Å². The van der Waals surface area contributed by atoms with Crippen molar-refractivity contribution in [2.45, 2.75) is 18.7 Å². The van der Waals surface area contributed by atoms with Crippen LogP contribution in [0.5, 0.6) is 0 Å². The number of aliphatic hydroxyl groups is 1. The van der Waals surface area contributed by atoms with Crippen LogP contribution in [0, 0.1) is 6.92 Å². The van der Waals surface area contributed by atoms with Gasteiger partial charge in [0.1, 0.15) is 19.8 Å². The van der Waals surface area contributed by atoms with Crippen molar-refractivity contribution in [1.82, 2.24) is 0 Å². The summed E-state index contributed by atoms with van der Waals surface area (Å²) in [4.78, 5) is 31.1. The molecule has 0 unspecified atom stereocenters. The molecule has 0 amide bonds. The Morgan fingerprint density at radius 2 is 1.45 bits per heavy atom. The lowest BCUT2D eigenvalue weighted by Gasteiger charge is -2.06. The summed E-state index contributed by atoms with van der Waals surface area (Å²) >= 11 is 0. The highest BCUT2D eigenvalue weighted by atomic mass is 32.2. The Morgan fingerprint density at radius 3 is 1.82 bits per heavy atom. The summed E-state index contributed by atoms with van der Waals surface area (Å²) in [5, 5.41) is 8.10. The van der Waals surface area contributed by atoms with Gasteiger partial charge in [0, 0.05) is 17.7 Å². The van der Waals surface area contributed by atoms with E-state index >= 15 is 0 Å². The van der Waals surface area contributed by atoms with E-state index in [1.165, 1.54) is 19.2 Å². The first-order chi connectivity index (χ1) is 15.4. The van der Waals surface area contributed by atoms with Crippen LogP contribution >= 0.6 is 0 Å². The molecule has 33 heavy (non-hydrogen) atoms. The van der Waals surface area contributed by atoms with Crippen LogP contribution in [0.15, 0.2) is 66.6 Å². The SMILES string of the molecule is C=C(C)C(=O)OC.C=CC(=O)OCCO.C=CC(=O)OCCOS(=O)(=O)c1ccc(C)cc1. The molecule has 0 aliphatic rings. The predicted molar refractivity (Wildman–Crippen MR) is 121 cm³/mol. The minimum Gasteiger partial charge on any atom is -0.466 e. The smallest absolute Gasteiger partial charge is 0.332 e. The highest BCUT2D eigenvalue weighted by Gasteiger charge is 2.14. The first kappa shape index (κ1) is 31.9. The number of aryl methyl sites for hydroxylation is 1. The fraction of sp³-hybridized carbons (Fsp3) is 0.318. The molecular weight excluding hydrogens is 456 g/mol. The Bertz CT molecular complexity index is 886. The highest BCUT2D eigenvalue weighted by Crippen LogP contribution is 2.12. The van der Waals surface area contributed by atoms with Gasteiger partial charge in [0.05, 0.1) is 18.6 Å². The number of methoxy groups -OCH3 is 1. The summed E-state index contributed by atoms with van der Waals surface area (Å²) in [6.45, 7) is 12.7. The van der Waals surface area contributed by atoms with Crippen molar-refractivity contribution in [2.24, 2.45) is 0 Å². The van der Waals surface area contributed by atoms with E-state index in [1.54, 1.807) is 19.1 Å². The van der Waals surface area contributed by atoms with Crippen molar-refractivity contribution >= 4 is 28.0 Å². The number of carbonyl (C=O) groups is 3. The molecule has 10 nitrogen and oxygen atoms in total. The predicted octanol–water partition coefficient (Wildman–Crippen LogP) is 1.87. The first-order valence-electron chi connectivity index (χ1n) is 9.34. The fourth-order valence-corrected chi connectivity index (χ4v) is 2.39. The topological polar surface area (TPSA) is 142 Å². The molecule has 0 atom stereocenters. The number of esters is 3. The summed E-state index contributed by atoms with van der Waals surface area (Å²) in [7, 11) is -2.47. The second-order valence-electron chi connectivity index (χ2n) is 5.83. The maximum atomic E-state index is 11.7. The Labute approximate surface area is 194 Å². The number of hydrogen-bond acceptors (Lipinski definition) is 10. The second-order valence-corrected chi connectivity index (χ2v) is 7.44. The van der Waals surface area contributed by atoms with Gasteiger partial charge in [0.25, 0.3) is 10.1 Å². The monoisotopic (exact) mass is 486 g/mol. The normalized spacial score (nSPS) is 9.58. The van der Waals surface area contributed by atoms with Gasteiger partial charge in [0.2, 0.25) is 0 Å². The van der Waals surface area contributed by atoms with Gasteiger partial charge in [0.15, 0.2) is 0 Å². The molecule has 1 N–H and O–H groups in total. The Kier molecular flexibility index (Phi) is 17.7. The Hall–Kier alpha value is -3.28. The van der Waals surface area contributed by atoms with Crippen LogP contribution in [0.1, 0.15) is 12.5 Å². The fourth-order valence-electron chi connectivity index (χ4n) is 1.50. The van der Waals surface area contributed by atoms with Crippen LogP contribution in [0.3, 0.4) is 0 Å². The van der Waals surface area contributed by atoms with Crippen LogP contribution in [-0.2, 0) is 42.9 Å². The largest absolute Gasteiger partial charge is 0.466 e. The molecule has 0 heterocycles. The zero-order chi connectivity index (χ0) is 25.9. The van der Waals surface area contributed by atoms with E-state index in [0.29, 0.717) is 5.57 Å². The minimum atomic E-state index is -3.80. The van der Waals surface area contributed by atoms with Gasteiger partial charge in [-0.3, -0.25) is 4.18 Å². The van der Waals surface area contributed by atoms with Crippen molar-refractivity contribution in [3.8, 4) is 0 Å². The van der Waals surface area contributed by atoms with Gasteiger partial charge < -0.3 is 19.3 Å². The molecule has 1 aromatic rings. The van der Waals surface area contributed by atoms with Gasteiger partial charge >= 0.3 is 17.9 Å². The molecule has 0 aliphatic carbocycles. The molecule has 0 fully saturated rings. The van der Waals surface area contributed by atoms with E-state index < -0.39 is 22.1 Å². The third-order valence-electron chi connectivity index (χ3n) is 3.08. The van der Waals surface area contributed by atoms with E-state index in [-0.39, 0.29) is 37.3 Å². The number of hydrogen-bond donors (Lipinski definition) is 1. The highest BCUT2D eigenvalue weighted by molar-refractivity contribution is 7.86. The van der Waals surface area contributed by atoms with Crippen molar-refractivity contribution in [3.05, 3.63) is 67.3 Å². The van der Waals surface area contributed by atoms with Gasteiger partial charge in [-0.05, 0) is 26.0 Å². The molecule has 1 aromatic carbocycles. The average Bonchev–Trinajstić information content (AvgIpc) is 2.80. The third kappa shape index (κ3) is 17.0. The molecule has 0 aromatic heterocycles. The molecule has 0 saturated heterocycles. The first-order valence-corrected chi connectivity index (χ1v) is 10.7. The maximum Gasteiger partial charge on any atom is 0.332 e. The zero-order valence-electron chi connectivity index (χ0n) is 18.9. The van der Waals surface area contributed by atoms with Crippen molar-refractivity contribution < 1.29 is 46.3 Å². The Balaban J connectivity index is 0. The van der Waals surface area contributed by atoms with Crippen LogP contribution in [0.25, 0.3) is 0 Å². The number of carbonyl (C=O) groups excluding carboxylic acids is 3. The van der Waals surface area contributed by atoms with Gasteiger partial charge in [-0.25, -0.2) is 14.4 Å². The van der Waals surface area contributed by atoms with Gasteiger partial charge in [-0.15, -0.1) is 0 Å². The van der Waals surface area contributed by atoms with E-state index in [2.05, 4.69) is 33.9 Å². The standard InChI is InChI=1S/C12H14O5S.C5H8O3.C5H8O2/c1-3-12(13)16-8-9-17-18(14,15)11-6-4-10(2)5-7-11;1-2-5(7)8-4-3-6;1-4(2)5(6)7-3/h3-7H,1,8-9H2,2H3;2,6H,1,3-4H2;1H2,2-3H3. The molecular formula is C22H30O10S. The molecule has 0 bridgehead atoms. The summed E-state index contributed by atoms with van der Waals surface area (Å²) in [6.07, 6.45) is 2.05. The van der Waals surface area contributed by atoms with E-state index in [0.717, 1.165) is 17.7 Å². The van der Waals surface area contributed by atoms with E-state index in [4.69, 9.17) is 9.29 Å². The molecule has 0 saturated carbocycles. The van der Waals surface area contributed by atoms with Crippen LogP contribution in [0.2, 0.25) is 0 Å². The average molecular weight is 487 g/mol. The molecule has 0 aliphatic heterocycles. The summed E-state index contributed by atoms with van der Waals surface area (Å²) < 4.78 is 41.3. The third-order valence-corrected chi connectivity index (χ3v) is 4.41. The van der Waals surface area contributed by atoms with Crippen LogP contribution in [0.4, 0.5) is 0 Å². The number of aliphatic hydroxyl groups excluding tert-OH is 1. The number of rotatable bonds is 10.